The first-order chi connectivity index (χ1) is 21.7. The Kier molecular flexibility index (Phi) is 11.4. The van der Waals surface area contributed by atoms with Crippen molar-refractivity contribution < 1.29 is 35.6 Å². The van der Waals surface area contributed by atoms with Gasteiger partial charge in [0.25, 0.3) is 10.0 Å². The zero-order valence-corrected chi connectivity index (χ0v) is 27.1. The molecule has 0 heterocycles. The molecule has 0 saturated heterocycles. The number of alkyl halides is 3. The van der Waals surface area contributed by atoms with Gasteiger partial charge in [-0.25, -0.2) is 12.8 Å². The van der Waals surface area contributed by atoms with Crippen LogP contribution in [0.15, 0.2) is 71.6 Å². The average molecular weight is 682 g/mol. The molecule has 3 aromatic carbocycles. The first-order valence-electron chi connectivity index (χ1n) is 15.0. The van der Waals surface area contributed by atoms with Crippen LogP contribution in [0.5, 0.6) is 0 Å². The molecular weight excluding hydrogens is 646 g/mol. The number of hydrogen-bond donors (Lipinski definition) is 1. The van der Waals surface area contributed by atoms with Crippen LogP contribution in [0.4, 0.5) is 23.2 Å². The van der Waals surface area contributed by atoms with Crippen LogP contribution in [-0.2, 0) is 32.3 Å². The SMILES string of the molecule is CC[C@@H](C(=O)NC1CCCCC1)N(Cc1ccc(F)cc1)C(=O)CN(c1ccc(Cl)c(C(F)(F)F)c1)S(=O)(=O)c1ccc(C)cc1. The summed E-state index contributed by atoms with van der Waals surface area (Å²) in [4.78, 5) is 28.7. The number of carbonyl (C=O) groups excluding carboxylic acids is 2. The first-order valence-corrected chi connectivity index (χ1v) is 16.8. The Morgan fingerprint density at radius 1 is 0.978 bits per heavy atom. The normalized spacial score (nSPS) is 14.8. The van der Waals surface area contributed by atoms with E-state index in [-0.39, 0.29) is 23.9 Å². The minimum absolute atomic E-state index is 0.0775. The lowest BCUT2D eigenvalue weighted by molar-refractivity contribution is -0.140. The third-order valence-electron chi connectivity index (χ3n) is 8.03. The summed E-state index contributed by atoms with van der Waals surface area (Å²) in [6, 6.07) is 12.4. The fourth-order valence-electron chi connectivity index (χ4n) is 5.50. The quantitative estimate of drug-likeness (QED) is 0.216. The number of rotatable bonds is 11. The lowest BCUT2D eigenvalue weighted by atomic mass is 9.95. The van der Waals surface area contributed by atoms with E-state index in [1.54, 1.807) is 13.8 Å². The number of amides is 2. The highest BCUT2D eigenvalue weighted by molar-refractivity contribution is 7.92. The fourth-order valence-corrected chi connectivity index (χ4v) is 7.13. The summed E-state index contributed by atoms with van der Waals surface area (Å²) in [6.07, 6.45) is -0.210. The topological polar surface area (TPSA) is 86.8 Å². The van der Waals surface area contributed by atoms with Gasteiger partial charge in [-0.05, 0) is 74.2 Å². The Labute approximate surface area is 271 Å². The van der Waals surface area contributed by atoms with Crippen molar-refractivity contribution in [2.75, 3.05) is 10.8 Å². The highest BCUT2D eigenvalue weighted by Crippen LogP contribution is 2.38. The third-order valence-corrected chi connectivity index (χ3v) is 10.2. The van der Waals surface area contributed by atoms with Crippen LogP contribution < -0.4 is 9.62 Å². The zero-order valence-electron chi connectivity index (χ0n) is 25.5. The van der Waals surface area contributed by atoms with Gasteiger partial charge >= 0.3 is 6.18 Å². The van der Waals surface area contributed by atoms with Gasteiger partial charge in [-0.1, -0.05) is 67.6 Å². The summed E-state index contributed by atoms with van der Waals surface area (Å²) < 4.78 is 83.9. The van der Waals surface area contributed by atoms with Crippen molar-refractivity contribution in [2.45, 2.75) is 82.1 Å². The maximum Gasteiger partial charge on any atom is 0.417 e. The first kappa shape index (κ1) is 35.2. The van der Waals surface area contributed by atoms with Gasteiger partial charge in [-0.2, -0.15) is 13.2 Å². The molecule has 1 aliphatic carbocycles. The summed E-state index contributed by atoms with van der Waals surface area (Å²) in [6.45, 7) is 2.33. The highest BCUT2D eigenvalue weighted by atomic mass is 35.5. The summed E-state index contributed by atoms with van der Waals surface area (Å²) >= 11 is 5.83. The van der Waals surface area contributed by atoms with Gasteiger partial charge in [-0.3, -0.25) is 13.9 Å². The van der Waals surface area contributed by atoms with Gasteiger partial charge in [0.2, 0.25) is 11.8 Å². The molecule has 13 heteroatoms. The Hall–Kier alpha value is -3.64. The molecule has 1 saturated carbocycles. The van der Waals surface area contributed by atoms with E-state index in [4.69, 9.17) is 11.6 Å². The Morgan fingerprint density at radius 2 is 1.61 bits per heavy atom. The molecule has 0 spiro atoms. The minimum atomic E-state index is -4.91. The van der Waals surface area contributed by atoms with Crippen LogP contribution >= 0.6 is 11.6 Å². The number of anilines is 1. The number of carbonyl (C=O) groups is 2. The highest BCUT2D eigenvalue weighted by Gasteiger charge is 2.37. The van der Waals surface area contributed by atoms with Gasteiger partial charge < -0.3 is 10.2 Å². The lowest BCUT2D eigenvalue weighted by Crippen LogP contribution is -2.54. The summed E-state index contributed by atoms with van der Waals surface area (Å²) in [7, 11) is -4.60. The van der Waals surface area contributed by atoms with E-state index >= 15 is 0 Å². The standard InChI is InChI=1S/C33H36ClF4N3O4S/c1-3-30(32(43)39-25-7-5-4-6-8-25)40(20-23-11-13-24(35)14-12-23)31(42)21-41(46(44,45)27-16-9-22(2)10-17-27)26-15-18-29(34)28(19-26)33(36,37)38/h9-19,25,30H,3-8,20-21H2,1-2H3,(H,39,43)/t30-/m0/s1. The molecule has 4 rings (SSSR count). The molecule has 0 radical (unpaired) electrons. The molecule has 1 fully saturated rings. The van der Waals surface area contributed by atoms with Crippen molar-refractivity contribution in [3.8, 4) is 0 Å². The second-order valence-corrected chi connectivity index (χ2v) is 13.7. The second kappa shape index (κ2) is 14.8. The largest absolute Gasteiger partial charge is 0.417 e. The van der Waals surface area contributed by atoms with Crippen LogP contribution in [0.3, 0.4) is 0 Å². The summed E-state index contributed by atoms with van der Waals surface area (Å²) in [5.74, 6) is -1.78. The molecule has 248 valence electrons. The summed E-state index contributed by atoms with van der Waals surface area (Å²) in [5.41, 5.74) is -0.498. The van der Waals surface area contributed by atoms with Crippen LogP contribution in [0.1, 0.15) is 62.1 Å². The van der Waals surface area contributed by atoms with Crippen molar-refractivity contribution in [1.29, 1.82) is 0 Å². The molecule has 3 aromatic rings. The molecule has 0 aromatic heterocycles. The smallest absolute Gasteiger partial charge is 0.352 e. The Balaban J connectivity index is 1.77. The molecule has 0 aliphatic heterocycles. The molecule has 1 aliphatic rings. The number of halogens is 5. The number of aryl methyl sites for hydroxylation is 1. The predicted octanol–water partition coefficient (Wildman–Crippen LogP) is 7.26. The van der Waals surface area contributed by atoms with Crippen LogP contribution in [-0.4, -0.2) is 43.8 Å². The van der Waals surface area contributed by atoms with Gasteiger partial charge in [0.05, 0.1) is 21.2 Å². The number of nitrogens with one attached hydrogen (secondary N) is 1. The van der Waals surface area contributed by atoms with Crippen LogP contribution in [0, 0.1) is 12.7 Å². The van der Waals surface area contributed by atoms with Gasteiger partial charge in [-0.15, -0.1) is 0 Å². The minimum Gasteiger partial charge on any atom is -0.352 e. The van der Waals surface area contributed by atoms with Crippen LogP contribution in [0.25, 0.3) is 0 Å². The fraction of sp³-hybridized carbons (Fsp3) is 0.394. The molecule has 46 heavy (non-hydrogen) atoms. The van der Waals surface area contributed by atoms with E-state index < -0.39 is 62.7 Å². The zero-order chi connectivity index (χ0) is 33.6. The molecule has 0 unspecified atom stereocenters. The number of nitrogens with zero attached hydrogens (tertiary/aromatic N) is 2. The van der Waals surface area contributed by atoms with Crippen LogP contribution in [0.2, 0.25) is 5.02 Å². The van der Waals surface area contributed by atoms with E-state index in [1.807, 2.05) is 0 Å². The number of sulfonamides is 1. The van der Waals surface area contributed by atoms with Crippen molar-refractivity contribution in [3.05, 3.63) is 94.3 Å². The molecule has 7 nitrogen and oxygen atoms in total. The van der Waals surface area contributed by atoms with E-state index in [1.165, 1.54) is 53.4 Å². The van der Waals surface area contributed by atoms with Crippen molar-refractivity contribution in [3.63, 3.8) is 0 Å². The second-order valence-electron chi connectivity index (χ2n) is 11.4. The Bertz CT molecular complexity index is 1630. The molecule has 1 atom stereocenters. The lowest BCUT2D eigenvalue weighted by Gasteiger charge is -2.34. The van der Waals surface area contributed by atoms with Crippen molar-refractivity contribution >= 4 is 39.1 Å². The van der Waals surface area contributed by atoms with E-state index in [0.29, 0.717) is 15.9 Å². The van der Waals surface area contributed by atoms with E-state index in [0.717, 1.165) is 49.8 Å². The maximum atomic E-state index is 14.2. The average Bonchev–Trinajstić information content (AvgIpc) is 3.01. The van der Waals surface area contributed by atoms with Crippen molar-refractivity contribution in [2.24, 2.45) is 0 Å². The van der Waals surface area contributed by atoms with Gasteiger partial charge in [0.15, 0.2) is 0 Å². The molecular formula is C33H36ClF4N3O4S. The third kappa shape index (κ3) is 8.58. The molecule has 1 N–H and O–H groups in total. The number of benzene rings is 3. The Morgan fingerprint density at radius 3 is 2.20 bits per heavy atom. The monoisotopic (exact) mass is 681 g/mol. The van der Waals surface area contributed by atoms with Crippen molar-refractivity contribution in [1.82, 2.24) is 10.2 Å². The maximum absolute atomic E-state index is 14.2. The molecule has 0 bridgehead atoms. The van der Waals surface area contributed by atoms with Gasteiger partial charge in [0, 0.05) is 12.6 Å². The summed E-state index contributed by atoms with van der Waals surface area (Å²) in [5, 5.41) is 2.37. The van der Waals surface area contributed by atoms with Gasteiger partial charge in [0.1, 0.15) is 18.4 Å². The number of hydrogen-bond acceptors (Lipinski definition) is 4. The molecule has 2 amide bonds. The van der Waals surface area contributed by atoms with E-state index in [2.05, 4.69) is 5.32 Å². The predicted molar refractivity (Wildman–Crippen MR) is 168 cm³/mol. The van der Waals surface area contributed by atoms with E-state index in [9.17, 15) is 35.6 Å².